The van der Waals surface area contributed by atoms with Crippen LogP contribution in [0.5, 0.6) is 0 Å². The highest BCUT2D eigenvalue weighted by Gasteiger charge is 2.62. The minimum atomic E-state index is -1.82. The Labute approximate surface area is 141 Å². The lowest BCUT2D eigenvalue weighted by Gasteiger charge is -2.31. The van der Waals surface area contributed by atoms with Gasteiger partial charge in [0.15, 0.2) is 6.10 Å². The van der Waals surface area contributed by atoms with Crippen LogP contribution in [-0.2, 0) is 23.9 Å². The molecule has 5 atom stereocenters. The van der Waals surface area contributed by atoms with E-state index in [4.69, 9.17) is 9.47 Å². The van der Waals surface area contributed by atoms with Crippen LogP contribution in [0.3, 0.4) is 0 Å². The number of allylic oxidation sites excluding steroid dienone is 1. The van der Waals surface area contributed by atoms with Crippen molar-refractivity contribution < 1.29 is 34.1 Å². The first-order valence-corrected chi connectivity index (χ1v) is 7.86. The van der Waals surface area contributed by atoms with Crippen LogP contribution in [0, 0.1) is 17.8 Å². The maximum atomic E-state index is 12.1. The van der Waals surface area contributed by atoms with Crippen molar-refractivity contribution in [1.29, 1.82) is 0 Å². The first-order valence-electron chi connectivity index (χ1n) is 7.86. The average Bonchev–Trinajstić information content (AvgIpc) is 2.68. The molecule has 0 aromatic carbocycles. The number of aliphatic hydroxyl groups excluding tert-OH is 1. The van der Waals surface area contributed by atoms with Gasteiger partial charge < -0.3 is 19.7 Å². The van der Waals surface area contributed by atoms with E-state index in [1.807, 2.05) is 0 Å². The first-order chi connectivity index (χ1) is 11.0. The normalized spacial score (nSPS) is 33.5. The number of esters is 2. The van der Waals surface area contributed by atoms with Crippen LogP contribution < -0.4 is 0 Å². The minimum absolute atomic E-state index is 0.0635. The molecule has 1 saturated carbocycles. The number of methoxy groups -OCH3 is 1. The molecule has 0 spiro atoms. The zero-order valence-electron chi connectivity index (χ0n) is 14.9. The number of rotatable bonds is 5. The molecule has 7 heteroatoms. The highest BCUT2D eigenvalue weighted by molar-refractivity contribution is 5.92. The highest BCUT2D eigenvalue weighted by atomic mass is 16.6. The predicted molar refractivity (Wildman–Crippen MR) is 84.8 cm³/mol. The minimum Gasteiger partial charge on any atom is -0.466 e. The van der Waals surface area contributed by atoms with Crippen LogP contribution in [0.15, 0.2) is 11.6 Å². The lowest BCUT2D eigenvalue weighted by Crippen LogP contribution is -2.47. The molecule has 136 valence electrons. The molecule has 24 heavy (non-hydrogen) atoms. The molecule has 0 heterocycles. The predicted octanol–water partition coefficient (Wildman–Crippen LogP) is 0.620. The number of aliphatic hydroxyl groups is 2. The van der Waals surface area contributed by atoms with Crippen LogP contribution in [-0.4, -0.2) is 52.9 Å². The third kappa shape index (κ3) is 3.52. The number of hydrogen-bond acceptors (Lipinski definition) is 7. The Balaban J connectivity index is 3.36. The van der Waals surface area contributed by atoms with Crippen LogP contribution in [0.1, 0.15) is 34.6 Å². The Morgan fingerprint density at radius 1 is 1.25 bits per heavy atom. The summed E-state index contributed by atoms with van der Waals surface area (Å²) in [5.41, 5.74) is -1.75. The van der Waals surface area contributed by atoms with E-state index in [0.29, 0.717) is 0 Å². The van der Waals surface area contributed by atoms with Gasteiger partial charge in [-0.2, -0.15) is 0 Å². The summed E-state index contributed by atoms with van der Waals surface area (Å²) in [6, 6.07) is 0. The summed E-state index contributed by atoms with van der Waals surface area (Å²) < 4.78 is 9.94. The van der Waals surface area contributed by atoms with Crippen molar-refractivity contribution in [3.63, 3.8) is 0 Å². The van der Waals surface area contributed by atoms with Gasteiger partial charge >= 0.3 is 11.9 Å². The van der Waals surface area contributed by atoms with Crippen molar-refractivity contribution in [2.24, 2.45) is 17.8 Å². The van der Waals surface area contributed by atoms with E-state index >= 15 is 0 Å². The lowest BCUT2D eigenvalue weighted by atomic mass is 9.79. The van der Waals surface area contributed by atoms with Crippen molar-refractivity contribution >= 4 is 17.7 Å². The van der Waals surface area contributed by atoms with Gasteiger partial charge in [0, 0.05) is 11.5 Å². The Kier molecular flexibility index (Phi) is 6.30. The molecule has 0 aliphatic heterocycles. The molecule has 1 aliphatic carbocycles. The van der Waals surface area contributed by atoms with Crippen molar-refractivity contribution in [1.82, 2.24) is 0 Å². The highest BCUT2D eigenvalue weighted by Crippen LogP contribution is 2.46. The summed E-state index contributed by atoms with van der Waals surface area (Å²) in [5, 5.41) is 21.5. The van der Waals surface area contributed by atoms with E-state index in [1.54, 1.807) is 20.8 Å². The van der Waals surface area contributed by atoms with Gasteiger partial charge in [-0.3, -0.25) is 9.59 Å². The van der Waals surface area contributed by atoms with Gasteiger partial charge in [-0.25, -0.2) is 4.79 Å². The topological polar surface area (TPSA) is 110 Å². The molecular weight excluding hydrogens is 316 g/mol. The smallest absolute Gasteiger partial charge is 0.333 e. The molecule has 0 radical (unpaired) electrons. The van der Waals surface area contributed by atoms with Gasteiger partial charge in [0.2, 0.25) is 0 Å². The fourth-order valence-corrected chi connectivity index (χ4v) is 3.31. The van der Waals surface area contributed by atoms with E-state index in [9.17, 15) is 24.6 Å². The summed E-state index contributed by atoms with van der Waals surface area (Å²) in [4.78, 5) is 36.0. The number of Topliss-reactive ketones (excluding diaryl/α,β-unsaturated/α-hetero) is 1. The van der Waals surface area contributed by atoms with Gasteiger partial charge in [0.25, 0.3) is 0 Å². The number of ether oxygens (including phenoxy) is 2. The van der Waals surface area contributed by atoms with Gasteiger partial charge in [-0.1, -0.05) is 19.9 Å². The molecule has 7 nitrogen and oxygen atoms in total. The Morgan fingerprint density at radius 3 is 2.17 bits per heavy atom. The molecule has 0 aromatic rings. The van der Waals surface area contributed by atoms with Crippen LogP contribution in [0.4, 0.5) is 0 Å². The number of hydrogen-bond donors (Lipinski definition) is 2. The third-order valence-corrected chi connectivity index (χ3v) is 4.49. The summed E-state index contributed by atoms with van der Waals surface area (Å²) in [6.45, 7) is 7.38. The van der Waals surface area contributed by atoms with Gasteiger partial charge in [-0.05, 0) is 20.8 Å². The number of ketones is 1. The molecule has 1 aliphatic rings. The second-order valence-electron chi connectivity index (χ2n) is 6.58. The van der Waals surface area contributed by atoms with Crippen LogP contribution in [0.25, 0.3) is 0 Å². The van der Waals surface area contributed by atoms with E-state index in [-0.39, 0.29) is 5.57 Å². The molecule has 0 bridgehead atoms. The van der Waals surface area contributed by atoms with Crippen molar-refractivity contribution in [2.75, 3.05) is 7.11 Å². The van der Waals surface area contributed by atoms with Crippen LogP contribution in [0.2, 0.25) is 0 Å². The molecule has 2 N–H and O–H groups in total. The first kappa shape index (κ1) is 20.3. The summed E-state index contributed by atoms with van der Waals surface area (Å²) in [6.07, 6.45) is -1.31. The van der Waals surface area contributed by atoms with Gasteiger partial charge in [0.05, 0.1) is 18.9 Å². The van der Waals surface area contributed by atoms with Crippen LogP contribution >= 0.6 is 0 Å². The summed E-state index contributed by atoms with van der Waals surface area (Å²) in [5.74, 6) is -4.34. The van der Waals surface area contributed by atoms with Crippen molar-refractivity contribution in [3.8, 4) is 0 Å². The Morgan fingerprint density at radius 2 is 1.79 bits per heavy atom. The third-order valence-electron chi connectivity index (χ3n) is 4.49. The largest absolute Gasteiger partial charge is 0.466 e. The maximum Gasteiger partial charge on any atom is 0.333 e. The molecular formula is C17H26O7. The van der Waals surface area contributed by atoms with E-state index < -0.39 is 53.3 Å². The van der Waals surface area contributed by atoms with Gasteiger partial charge in [0.1, 0.15) is 17.5 Å². The second-order valence-corrected chi connectivity index (χ2v) is 6.58. The molecule has 0 aromatic heterocycles. The quantitative estimate of drug-likeness (QED) is 0.556. The second kappa shape index (κ2) is 7.44. The van der Waals surface area contributed by atoms with Crippen molar-refractivity contribution in [3.05, 3.63) is 11.6 Å². The fourth-order valence-electron chi connectivity index (χ4n) is 3.31. The van der Waals surface area contributed by atoms with E-state index in [2.05, 4.69) is 0 Å². The fraction of sp³-hybridized carbons (Fsp3) is 0.706. The summed E-state index contributed by atoms with van der Waals surface area (Å²) in [7, 11) is 1.18. The molecule has 1 rings (SSSR count). The Bertz CT molecular complexity index is 547. The van der Waals surface area contributed by atoms with Gasteiger partial charge in [-0.15, -0.1) is 0 Å². The molecule has 0 saturated heterocycles. The average molecular weight is 342 g/mol. The number of carbonyl (C=O) groups is 3. The lowest BCUT2D eigenvalue weighted by molar-refractivity contribution is -0.175. The standard InChI is InChI=1S/C17H26O7/c1-7-10(16(21)23-6)11-12(9(4)18)17(5,22)14(13(11)19)24-15(20)8(2)3/h7-8,11-14,19,22H,1-6H3/b10-7+/t11-,12+,13+,14+,17-/m1/s1. The maximum absolute atomic E-state index is 12.1. The zero-order valence-corrected chi connectivity index (χ0v) is 14.9. The molecule has 0 amide bonds. The monoisotopic (exact) mass is 342 g/mol. The van der Waals surface area contributed by atoms with E-state index in [1.165, 1.54) is 27.0 Å². The molecule has 0 unspecified atom stereocenters. The number of carbonyl (C=O) groups excluding carboxylic acids is 3. The zero-order chi connectivity index (χ0) is 18.8. The summed E-state index contributed by atoms with van der Waals surface area (Å²) >= 11 is 0. The molecule has 1 fully saturated rings. The Hall–Kier alpha value is -1.73. The van der Waals surface area contributed by atoms with E-state index in [0.717, 1.165) is 0 Å². The van der Waals surface area contributed by atoms with Crippen molar-refractivity contribution in [2.45, 2.75) is 52.4 Å². The SMILES string of the molecule is C/C=C(/C(=O)OC)[C@H]1[C@H](O)[C@H](OC(=O)C(C)C)[C@](C)(O)[C@H]1C(C)=O.